The normalized spacial score (nSPS) is 16.3. The highest BCUT2D eigenvalue weighted by Gasteiger charge is 2.43. The SMILES string of the molecule is CCCC(O)(CCC)C(C(=O)N1CCN(C(=O)O)CC1)c1cccc(Cl)c1. The molecule has 1 aliphatic rings. The zero-order chi connectivity index (χ0) is 20.0. The van der Waals surface area contributed by atoms with Crippen molar-refractivity contribution in [2.24, 2.45) is 0 Å². The molecule has 1 aliphatic heterocycles. The van der Waals surface area contributed by atoms with E-state index in [-0.39, 0.29) is 19.0 Å². The van der Waals surface area contributed by atoms with Crippen molar-refractivity contribution in [2.45, 2.75) is 51.0 Å². The zero-order valence-corrected chi connectivity index (χ0v) is 16.8. The molecule has 0 radical (unpaired) electrons. The highest BCUT2D eigenvalue weighted by molar-refractivity contribution is 6.30. The molecule has 0 bridgehead atoms. The van der Waals surface area contributed by atoms with Gasteiger partial charge in [-0.3, -0.25) is 4.79 Å². The fourth-order valence-electron chi connectivity index (χ4n) is 3.95. The number of piperazine rings is 1. The van der Waals surface area contributed by atoms with Crippen LogP contribution in [0.3, 0.4) is 0 Å². The van der Waals surface area contributed by atoms with Crippen LogP contribution >= 0.6 is 11.6 Å². The Morgan fingerprint density at radius 2 is 1.67 bits per heavy atom. The summed E-state index contributed by atoms with van der Waals surface area (Å²) in [6, 6.07) is 7.11. The van der Waals surface area contributed by atoms with Gasteiger partial charge in [-0.2, -0.15) is 0 Å². The molecule has 2 N–H and O–H groups in total. The Morgan fingerprint density at radius 1 is 1.11 bits per heavy atom. The molecule has 27 heavy (non-hydrogen) atoms. The lowest BCUT2D eigenvalue weighted by Crippen LogP contribution is -2.54. The van der Waals surface area contributed by atoms with Crippen LogP contribution in [-0.2, 0) is 4.79 Å². The minimum Gasteiger partial charge on any atom is -0.465 e. The minimum atomic E-state index is -1.16. The van der Waals surface area contributed by atoms with E-state index in [1.165, 1.54) is 4.90 Å². The molecule has 0 aliphatic carbocycles. The fraction of sp³-hybridized carbons (Fsp3) is 0.600. The molecule has 0 saturated carbocycles. The van der Waals surface area contributed by atoms with E-state index in [4.69, 9.17) is 16.7 Å². The Morgan fingerprint density at radius 3 is 2.15 bits per heavy atom. The zero-order valence-electron chi connectivity index (χ0n) is 16.0. The number of amides is 2. The van der Waals surface area contributed by atoms with Gasteiger partial charge < -0.3 is 20.0 Å². The first-order chi connectivity index (χ1) is 12.8. The number of benzene rings is 1. The average molecular weight is 397 g/mol. The molecular formula is C20H29ClN2O4. The molecule has 1 aromatic carbocycles. The first-order valence-electron chi connectivity index (χ1n) is 9.57. The molecule has 7 heteroatoms. The van der Waals surface area contributed by atoms with Crippen LogP contribution in [-0.4, -0.2) is 63.8 Å². The van der Waals surface area contributed by atoms with E-state index in [9.17, 15) is 14.7 Å². The largest absolute Gasteiger partial charge is 0.465 e. The van der Waals surface area contributed by atoms with E-state index >= 15 is 0 Å². The third-order valence-corrected chi connectivity index (χ3v) is 5.43. The van der Waals surface area contributed by atoms with Crippen LogP contribution in [0.2, 0.25) is 5.02 Å². The molecule has 2 amide bonds. The van der Waals surface area contributed by atoms with Gasteiger partial charge in [-0.1, -0.05) is 50.4 Å². The van der Waals surface area contributed by atoms with E-state index in [1.807, 2.05) is 19.9 Å². The first-order valence-corrected chi connectivity index (χ1v) is 9.94. The predicted octanol–water partition coefficient (Wildman–Crippen LogP) is 3.58. The van der Waals surface area contributed by atoms with Gasteiger partial charge in [-0.25, -0.2) is 4.79 Å². The average Bonchev–Trinajstić information content (AvgIpc) is 2.62. The maximum atomic E-state index is 13.4. The second-order valence-electron chi connectivity index (χ2n) is 7.19. The number of hydrogen-bond acceptors (Lipinski definition) is 3. The van der Waals surface area contributed by atoms with Gasteiger partial charge in [0.25, 0.3) is 0 Å². The van der Waals surface area contributed by atoms with E-state index < -0.39 is 17.6 Å². The van der Waals surface area contributed by atoms with Crippen molar-refractivity contribution >= 4 is 23.6 Å². The molecule has 0 aromatic heterocycles. The van der Waals surface area contributed by atoms with E-state index in [0.717, 1.165) is 12.8 Å². The van der Waals surface area contributed by atoms with Crippen LogP contribution in [0.15, 0.2) is 24.3 Å². The van der Waals surface area contributed by atoms with Crippen molar-refractivity contribution in [3.05, 3.63) is 34.9 Å². The summed E-state index contributed by atoms with van der Waals surface area (Å²) in [5, 5.41) is 21.1. The standard InChI is InChI=1S/C20H29ClN2O4/c1-3-8-20(27,9-4-2)17(15-6-5-7-16(21)14-15)18(24)22-10-12-23(13-11-22)19(25)26/h5-7,14,17,27H,3-4,8-13H2,1-2H3,(H,25,26). The number of hydrogen-bond donors (Lipinski definition) is 2. The van der Waals surface area contributed by atoms with Crippen molar-refractivity contribution in [3.8, 4) is 0 Å². The van der Waals surface area contributed by atoms with Gasteiger partial charge in [-0.15, -0.1) is 0 Å². The van der Waals surface area contributed by atoms with Gasteiger partial charge >= 0.3 is 6.09 Å². The second-order valence-corrected chi connectivity index (χ2v) is 7.62. The van der Waals surface area contributed by atoms with Gasteiger partial charge in [0.05, 0.1) is 11.5 Å². The Hall–Kier alpha value is -1.79. The summed E-state index contributed by atoms with van der Waals surface area (Å²) in [6.07, 6.45) is 1.57. The molecule has 1 atom stereocenters. The van der Waals surface area contributed by atoms with E-state index in [2.05, 4.69) is 0 Å². The molecule has 1 unspecified atom stereocenters. The van der Waals surface area contributed by atoms with Crippen LogP contribution in [0, 0.1) is 0 Å². The van der Waals surface area contributed by atoms with Crippen LogP contribution in [0.4, 0.5) is 4.79 Å². The number of carbonyl (C=O) groups excluding carboxylic acids is 1. The Labute approximate surface area is 165 Å². The smallest absolute Gasteiger partial charge is 0.407 e. The number of nitrogens with zero attached hydrogens (tertiary/aromatic N) is 2. The van der Waals surface area contributed by atoms with Crippen LogP contribution in [0.5, 0.6) is 0 Å². The van der Waals surface area contributed by atoms with Crippen molar-refractivity contribution in [1.29, 1.82) is 0 Å². The highest BCUT2D eigenvalue weighted by Crippen LogP contribution is 2.38. The number of carboxylic acid groups (broad SMARTS) is 1. The topological polar surface area (TPSA) is 81.1 Å². The third kappa shape index (κ3) is 5.14. The van der Waals surface area contributed by atoms with Gasteiger partial charge in [0.2, 0.25) is 5.91 Å². The molecule has 0 spiro atoms. The molecule has 1 fully saturated rings. The molecule has 1 saturated heterocycles. The maximum absolute atomic E-state index is 13.4. The van der Waals surface area contributed by atoms with E-state index in [0.29, 0.717) is 36.5 Å². The van der Waals surface area contributed by atoms with Crippen molar-refractivity contribution in [2.75, 3.05) is 26.2 Å². The first kappa shape index (κ1) is 21.5. The number of carbonyl (C=O) groups is 2. The summed E-state index contributed by atoms with van der Waals surface area (Å²) < 4.78 is 0. The molecule has 6 nitrogen and oxygen atoms in total. The molecular weight excluding hydrogens is 368 g/mol. The Bertz CT molecular complexity index is 653. The summed E-state index contributed by atoms with van der Waals surface area (Å²) in [6.45, 7) is 5.21. The molecule has 2 rings (SSSR count). The van der Waals surface area contributed by atoms with Crippen LogP contribution in [0.25, 0.3) is 0 Å². The minimum absolute atomic E-state index is 0.160. The van der Waals surface area contributed by atoms with Gasteiger partial charge in [0, 0.05) is 31.2 Å². The Kier molecular flexibility index (Phi) is 7.50. The van der Waals surface area contributed by atoms with Crippen LogP contribution in [0.1, 0.15) is 51.0 Å². The summed E-state index contributed by atoms with van der Waals surface area (Å²) in [7, 11) is 0. The Balaban J connectivity index is 2.34. The van der Waals surface area contributed by atoms with Gasteiger partial charge in [0.15, 0.2) is 0 Å². The molecule has 1 aromatic rings. The summed E-state index contributed by atoms with van der Waals surface area (Å²) in [5.41, 5.74) is -0.451. The summed E-state index contributed by atoms with van der Waals surface area (Å²) >= 11 is 6.16. The van der Waals surface area contributed by atoms with Crippen LogP contribution < -0.4 is 0 Å². The van der Waals surface area contributed by atoms with Gasteiger partial charge in [-0.05, 0) is 30.5 Å². The molecule has 1 heterocycles. The molecule has 150 valence electrons. The lowest BCUT2D eigenvalue weighted by Gasteiger charge is -2.41. The summed E-state index contributed by atoms with van der Waals surface area (Å²) in [4.78, 5) is 27.5. The second kappa shape index (κ2) is 9.42. The van der Waals surface area contributed by atoms with Crippen molar-refractivity contribution < 1.29 is 19.8 Å². The quantitative estimate of drug-likeness (QED) is 0.738. The number of rotatable bonds is 7. The third-order valence-electron chi connectivity index (χ3n) is 5.19. The monoisotopic (exact) mass is 396 g/mol. The predicted molar refractivity (Wildman–Crippen MR) is 105 cm³/mol. The maximum Gasteiger partial charge on any atom is 0.407 e. The fourth-order valence-corrected chi connectivity index (χ4v) is 4.15. The van der Waals surface area contributed by atoms with E-state index in [1.54, 1.807) is 23.1 Å². The number of halogens is 1. The summed E-state index contributed by atoms with van der Waals surface area (Å²) in [5.74, 6) is -0.876. The lowest BCUT2D eigenvalue weighted by molar-refractivity contribution is -0.142. The van der Waals surface area contributed by atoms with Crippen molar-refractivity contribution in [1.82, 2.24) is 9.80 Å². The lowest BCUT2D eigenvalue weighted by atomic mass is 9.75. The highest BCUT2D eigenvalue weighted by atomic mass is 35.5. The van der Waals surface area contributed by atoms with Gasteiger partial charge in [0.1, 0.15) is 0 Å². The van der Waals surface area contributed by atoms with Crippen molar-refractivity contribution in [3.63, 3.8) is 0 Å². The number of aliphatic hydroxyl groups is 1.